The van der Waals surface area contributed by atoms with Crippen molar-refractivity contribution in [3.63, 3.8) is 0 Å². The number of rotatable bonds is 2. The minimum Gasteiger partial charge on any atom is -0.321 e. The number of hydrogen-bond donors (Lipinski definition) is 1. The summed E-state index contributed by atoms with van der Waals surface area (Å²) in [5.74, 6) is -0.242. The smallest absolute Gasteiger partial charge is 0.255 e. The van der Waals surface area contributed by atoms with E-state index >= 15 is 0 Å². The Morgan fingerprint density at radius 3 is 2.20 bits per heavy atom. The van der Waals surface area contributed by atoms with E-state index in [0.29, 0.717) is 26.3 Å². The largest absolute Gasteiger partial charge is 0.321 e. The van der Waals surface area contributed by atoms with E-state index in [9.17, 15) is 4.79 Å². The molecule has 0 aliphatic carbocycles. The number of nitrogens with one attached hydrogen (secondary N) is 1. The highest BCUT2D eigenvalue weighted by molar-refractivity contribution is 6.44. The number of amides is 1. The van der Waals surface area contributed by atoms with E-state index in [1.807, 2.05) is 26.0 Å². The first kappa shape index (κ1) is 15.2. The van der Waals surface area contributed by atoms with E-state index in [1.54, 1.807) is 6.07 Å². The van der Waals surface area contributed by atoms with Crippen molar-refractivity contribution in [1.29, 1.82) is 0 Å². The van der Waals surface area contributed by atoms with Gasteiger partial charge in [-0.1, -0.05) is 40.9 Å². The molecule has 2 nitrogen and oxygen atoms in total. The molecule has 0 aromatic heterocycles. The Hall–Kier alpha value is -1.22. The normalized spacial score (nSPS) is 10.4. The van der Waals surface area contributed by atoms with Crippen LogP contribution in [0.1, 0.15) is 21.5 Å². The molecule has 0 atom stereocenters. The third-order valence-corrected chi connectivity index (χ3v) is 4.06. The van der Waals surface area contributed by atoms with Crippen molar-refractivity contribution in [2.45, 2.75) is 13.8 Å². The quantitative estimate of drug-likeness (QED) is 0.723. The van der Waals surface area contributed by atoms with Crippen molar-refractivity contribution < 1.29 is 4.79 Å². The molecule has 20 heavy (non-hydrogen) atoms. The van der Waals surface area contributed by atoms with Gasteiger partial charge in [0.2, 0.25) is 0 Å². The van der Waals surface area contributed by atoms with Crippen LogP contribution in [0, 0.1) is 13.8 Å². The molecule has 0 bridgehead atoms. The van der Waals surface area contributed by atoms with Crippen LogP contribution in [0.3, 0.4) is 0 Å². The molecular formula is C15H12Cl3NO. The van der Waals surface area contributed by atoms with Gasteiger partial charge in [-0.25, -0.2) is 0 Å². The van der Waals surface area contributed by atoms with Gasteiger partial charge >= 0.3 is 0 Å². The zero-order valence-corrected chi connectivity index (χ0v) is 13.2. The topological polar surface area (TPSA) is 29.1 Å². The van der Waals surface area contributed by atoms with E-state index in [0.717, 1.165) is 11.1 Å². The van der Waals surface area contributed by atoms with Crippen LogP contribution in [0.2, 0.25) is 15.1 Å². The fourth-order valence-corrected chi connectivity index (χ4v) is 2.29. The van der Waals surface area contributed by atoms with Crippen molar-refractivity contribution in [2.24, 2.45) is 0 Å². The lowest BCUT2D eigenvalue weighted by Crippen LogP contribution is -2.12. The lowest BCUT2D eigenvalue weighted by atomic mass is 10.1. The van der Waals surface area contributed by atoms with Crippen LogP contribution in [0.4, 0.5) is 5.69 Å². The molecule has 0 fully saturated rings. The molecule has 2 aromatic rings. The average molecular weight is 329 g/mol. The Morgan fingerprint density at radius 1 is 0.900 bits per heavy atom. The summed E-state index contributed by atoms with van der Waals surface area (Å²) in [5.41, 5.74) is 3.19. The molecule has 0 heterocycles. The molecular weight excluding hydrogens is 317 g/mol. The van der Waals surface area contributed by atoms with E-state index in [4.69, 9.17) is 34.8 Å². The molecule has 104 valence electrons. The monoisotopic (exact) mass is 327 g/mol. The van der Waals surface area contributed by atoms with E-state index in [-0.39, 0.29) is 5.91 Å². The molecule has 5 heteroatoms. The summed E-state index contributed by atoms with van der Waals surface area (Å²) in [6.45, 7) is 3.95. The number of benzene rings is 2. The second-order valence-electron chi connectivity index (χ2n) is 4.50. The van der Waals surface area contributed by atoms with Gasteiger partial charge in [-0.3, -0.25) is 4.79 Å². The Balaban J connectivity index is 2.27. The maximum Gasteiger partial charge on any atom is 0.255 e. The van der Waals surface area contributed by atoms with Gasteiger partial charge in [0.25, 0.3) is 5.91 Å². The Morgan fingerprint density at radius 2 is 1.55 bits per heavy atom. The minimum absolute atomic E-state index is 0.242. The summed E-state index contributed by atoms with van der Waals surface area (Å²) in [6.07, 6.45) is 0. The van der Waals surface area contributed by atoms with Crippen LogP contribution in [0.5, 0.6) is 0 Å². The zero-order chi connectivity index (χ0) is 14.9. The molecule has 0 spiro atoms. The highest BCUT2D eigenvalue weighted by atomic mass is 35.5. The SMILES string of the molecule is Cc1ccc(C(=O)Nc2cc(Cl)c(Cl)cc2Cl)cc1C. The van der Waals surface area contributed by atoms with Crippen molar-refractivity contribution in [2.75, 3.05) is 5.32 Å². The van der Waals surface area contributed by atoms with Crippen LogP contribution >= 0.6 is 34.8 Å². The molecule has 1 amide bonds. The van der Waals surface area contributed by atoms with Crippen LogP contribution < -0.4 is 5.32 Å². The number of anilines is 1. The summed E-state index contributed by atoms with van der Waals surface area (Å²) in [4.78, 5) is 12.2. The molecule has 1 N–H and O–H groups in total. The van der Waals surface area contributed by atoms with Crippen molar-refractivity contribution in [1.82, 2.24) is 0 Å². The molecule has 0 aliphatic heterocycles. The molecule has 0 aliphatic rings. The second kappa shape index (κ2) is 6.04. The van der Waals surface area contributed by atoms with Crippen molar-refractivity contribution in [3.05, 3.63) is 62.1 Å². The minimum atomic E-state index is -0.242. The maximum atomic E-state index is 12.2. The Bertz CT molecular complexity index is 683. The number of halogens is 3. The number of carbonyl (C=O) groups is 1. The lowest BCUT2D eigenvalue weighted by molar-refractivity contribution is 0.102. The van der Waals surface area contributed by atoms with Gasteiger partial charge in [0.15, 0.2) is 0 Å². The van der Waals surface area contributed by atoms with Gasteiger partial charge in [-0.05, 0) is 49.2 Å². The van der Waals surface area contributed by atoms with Crippen LogP contribution in [-0.4, -0.2) is 5.91 Å². The van der Waals surface area contributed by atoms with E-state index in [1.165, 1.54) is 12.1 Å². The summed E-state index contributed by atoms with van der Waals surface area (Å²) in [5, 5.41) is 3.76. The molecule has 2 rings (SSSR count). The summed E-state index contributed by atoms with van der Waals surface area (Å²) < 4.78 is 0. The number of hydrogen-bond acceptors (Lipinski definition) is 1. The third kappa shape index (κ3) is 3.26. The first-order chi connectivity index (χ1) is 9.38. The standard InChI is InChI=1S/C15H12Cl3NO/c1-8-3-4-10(5-9(8)2)15(20)19-14-7-12(17)11(16)6-13(14)18/h3-7H,1-2H3,(H,19,20). The van der Waals surface area contributed by atoms with Crippen LogP contribution in [0.25, 0.3) is 0 Å². The molecule has 0 radical (unpaired) electrons. The molecule has 0 unspecified atom stereocenters. The van der Waals surface area contributed by atoms with E-state index in [2.05, 4.69) is 5.32 Å². The third-order valence-electron chi connectivity index (χ3n) is 3.03. The van der Waals surface area contributed by atoms with Gasteiger partial charge in [0.1, 0.15) is 0 Å². The summed E-state index contributed by atoms with van der Waals surface area (Å²) in [7, 11) is 0. The summed E-state index contributed by atoms with van der Waals surface area (Å²) in [6, 6.07) is 8.53. The van der Waals surface area contributed by atoms with Crippen LogP contribution in [0.15, 0.2) is 30.3 Å². The predicted octanol–water partition coefficient (Wildman–Crippen LogP) is 5.52. The fourth-order valence-electron chi connectivity index (χ4n) is 1.70. The van der Waals surface area contributed by atoms with Crippen molar-refractivity contribution >= 4 is 46.4 Å². The number of carbonyl (C=O) groups excluding carboxylic acids is 1. The Labute approximate surface area is 132 Å². The maximum absolute atomic E-state index is 12.2. The van der Waals surface area contributed by atoms with Gasteiger partial charge in [0.05, 0.1) is 20.8 Å². The van der Waals surface area contributed by atoms with Gasteiger partial charge < -0.3 is 5.32 Å². The molecule has 0 saturated heterocycles. The zero-order valence-electron chi connectivity index (χ0n) is 10.9. The highest BCUT2D eigenvalue weighted by Crippen LogP contribution is 2.32. The Kier molecular flexibility index (Phi) is 4.59. The van der Waals surface area contributed by atoms with Gasteiger partial charge in [-0.2, -0.15) is 0 Å². The van der Waals surface area contributed by atoms with Gasteiger partial charge in [0, 0.05) is 5.56 Å². The van der Waals surface area contributed by atoms with Crippen LogP contribution in [-0.2, 0) is 0 Å². The predicted molar refractivity (Wildman–Crippen MR) is 85.3 cm³/mol. The average Bonchev–Trinajstić information content (AvgIpc) is 2.39. The lowest BCUT2D eigenvalue weighted by Gasteiger charge is -2.10. The summed E-state index contributed by atoms with van der Waals surface area (Å²) >= 11 is 17.8. The van der Waals surface area contributed by atoms with Crippen molar-refractivity contribution in [3.8, 4) is 0 Å². The first-order valence-corrected chi connectivity index (χ1v) is 7.05. The molecule has 2 aromatic carbocycles. The second-order valence-corrected chi connectivity index (χ2v) is 5.72. The molecule has 0 saturated carbocycles. The highest BCUT2D eigenvalue weighted by Gasteiger charge is 2.11. The van der Waals surface area contributed by atoms with Gasteiger partial charge in [-0.15, -0.1) is 0 Å². The van der Waals surface area contributed by atoms with E-state index < -0.39 is 0 Å². The fraction of sp³-hybridized carbons (Fsp3) is 0.133. The number of aryl methyl sites for hydroxylation is 2. The first-order valence-electron chi connectivity index (χ1n) is 5.91.